The van der Waals surface area contributed by atoms with Gasteiger partial charge in [0.05, 0.1) is 11.8 Å². The molecule has 1 aliphatic heterocycles. The van der Waals surface area contributed by atoms with Crippen molar-refractivity contribution >= 4 is 22.4 Å². The molecule has 1 atom stereocenters. The largest absolute Gasteiger partial charge is 0.491 e. The summed E-state index contributed by atoms with van der Waals surface area (Å²) in [7, 11) is 0. The van der Waals surface area contributed by atoms with Crippen molar-refractivity contribution in [1.82, 2.24) is 9.97 Å². The molecule has 1 aliphatic rings. The Hall–Kier alpha value is -1.99. The molecule has 1 unspecified atom stereocenters. The molecule has 0 aliphatic carbocycles. The number of amides is 1. The maximum Gasteiger partial charge on any atom is 0.276 e. The van der Waals surface area contributed by atoms with E-state index in [1.54, 1.807) is 6.07 Å². The third-order valence-electron chi connectivity index (χ3n) is 3.46. The number of nitrogens with zero attached hydrogens (tertiary/aromatic N) is 2. The number of aromatic nitrogens is 2. The zero-order chi connectivity index (χ0) is 16.2. The molecule has 0 aromatic carbocycles. The van der Waals surface area contributed by atoms with Gasteiger partial charge in [-0.15, -0.1) is 11.3 Å². The third kappa shape index (κ3) is 4.27. The summed E-state index contributed by atoms with van der Waals surface area (Å²) in [5, 5.41) is 5.21. The quantitative estimate of drug-likeness (QED) is 0.910. The highest BCUT2D eigenvalue weighted by Crippen LogP contribution is 2.19. The monoisotopic (exact) mass is 333 g/mol. The van der Waals surface area contributed by atoms with Crippen molar-refractivity contribution < 1.29 is 14.3 Å². The van der Waals surface area contributed by atoms with Crippen LogP contribution in [0.3, 0.4) is 0 Å². The third-order valence-corrected chi connectivity index (χ3v) is 4.33. The van der Waals surface area contributed by atoms with E-state index in [0.29, 0.717) is 23.2 Å². The molecular weight excluding hydrogens is 314 g/mol. The van der Waals surface area contributed by atoms with E-state index in [1.807, 2.05) is 25.3 Å². The number of hydrogen-bond donors (Lipinski definition) is 1. The Kier molecular flexibility index (Phi) is 4.88. The van der Waals surface area contributed by atoms with Crippen molar-refractivity contribution in [3.63, 3.8) is 0 Å². The lowest BCUT2D eigenvalue weighted by molar-refractivity contribution is 0.0678. The van der Waals surface area contributed by atoms with Crippen molar-refractivity contribution in [2.45, 2.75) is 32.8 Å². The highest BCUT2D eigenvalue weighted by Gasteiger charge is 2.17. The number of hydrogen-bond acceptors (Lipinski definition) is 6. The average Bonchev–Trinajstić information content (AvgIpc) is 3.16. The molecule has 122 valence electrons. The van der Waals surface area contributed by atoms with Gasteiger partial charge in [0.1, 0.15) is 18.1 Å². The fourth-order valence-electron chi connectivity index (χ4n) is 2.37. The van der Waals surface area contributed by atoms with Crippen molar-refractivity contribution in [1.29, 1.82) is 0 Å². The molecule has 2 aromatic heterocycles. The van der Waals surface area contributed by atoms with E-state index in [2.05, 4.69) is 15.3 Å². The predicted octanol–water partition coefficient (Wildman–Crippen LogP) is 2.97. The van der Waals surface area contributed by atoms with E-state index in [9.17, 15) is 4.79 Å². The van der Waals surface area contributed by atoms with Gasteiger partial charge in [0.2, 0.25) is 0 Å². The maximum atomic E-state index is 12.3. The summed E-state index contributed by atoms with van der Waals surface area (Å²) in [6.45, 7) is 5.01. The highest BCUT2D eigenvalue weighted by molar-refractivity contribution is 7.13. The van der Waals surface area contributed by atoms with Crippen LogP contribution in [-0.2, 0) is 4.74 Å². The summed E-state index contributed by atoms with van der Waals surface area (Å²) < 4.78 is 11.3. The number of anilines is 1. The predicted molar refractivity (Wildman–Crippen MR) is 88.2 cm³/mol. The van der Waals surface area contributed by atoms with Gasteiger partial charge < -0.3 is 9.47 Å². The van der Waals surface area contributed by atoms with Crippen LogP contribution in [0.1, 0.15) is 34.7 Å². The van der Waals surface area contributed by atoms with Gasteiger partial charge in [0.25, 0.3) is 5.91 Å². The normalized spacial score (nSPS) is 17.2. The molecule has 0 bridgehead atoms. The number of ether oxygens (including phenoxy) is 2. The number of carbonyl (C=O) groups is 1. The molecule has 3 rings (SSSR count). The van der Waals surface area contributed by atoms with Crippen LogP contribution in [0.15, 0.2) is 17.5 Å². The highest BCUT2D eigenvalue weighted by atomic mass is 32.1. The topological polar surface area (TPSA) is 73.3 Å². The molecule has 7 heteroatoms. The maximum absolute atomic E-state index is 12.3. The van der Waals surface area contributed by atoms with Crippen LogP contribution in [0.5, 0.6) is 5.75 Å². The molecule has 0 spiro atoms. The van der Waals surface area contributed by atoms with Crippen molar-refractivity contribution in [2.24, 2.45) is 0 Å². The van der Waals surface area contributed by atoms with E-state index in [4.69, 9.17) is 9.47 Å². The second-order valence-electron chi connectivity index (χ2n) is 5.52. The molecule has 2 aromatic rings. The van der Waals surface area contributed by atoms with Crippen LogP contribution in [-0.4, -0.2) is 35.2 Å². The Morgan fingerprint density at radius 2 is 2.26 bits per heavy atom. The van der Waals surface area contributed by atoms with Crippen LogP contribution < -0.4 is 10.1 Å². The van der Waals surface area contributed by atoms with Crippen molar-refractivity contribution in [3.05, 3.63) is 34.6 Å². The first kappa shape index (κ1) is 15.9. The molecule has 23 heavy (non-hydrogen) atoms. The number of rotatable bonds is 5. The van der Waals surface area contributed by atoms with Crippen molar-refractivity contribution in [2.75, 3.05) is 18.5 Å². The molecule has 1 fully saturated rings. The Morgan fingerprint density at radius 1 is 1.39 bits per heavy atom. The summed E-state index contributed by atoms with van der Waals surface area (Å²) >= 11 is 1.39. The lowest BCUT2D eigenvalue weighted by atomic mass is 10.2. The van der Waals surface area contributed by atoms with Gasteiger partial charge in [-0.2, -0.15) is 0 Å². The number of carbonyl (C=O) groups excluding carboxylic acids is 1. The van der Waals surface area contributed by atoms with Gasteiger partial charge in [-0.3, -0.25) is 10.1 Å². The van der Waals surface area contributed by atoms with Gasteiger partial charge >= 0.3 is 0 Å². The Balaban J connectivity index is 1.67. The van der Waals surface area contributed by atoms with Crippen LogP contribution in [0.25, 0.3) is 0 Å². The number of aryl methyl sites for hydroxylation is 2. The van der Waals surface area contributed by atoms with Gasteiger partial charge in [-0.25, -0.2) is 9.97 Å². The average molecular weight is 333 g/mol. The second kappa shape index (κ2) is 7.06. The van der Waals surface area contributed by atoms with Crippen LogP contribution in [0, 0.1) is 13.8 Å². The van der Waals surface area contributed by atoms with Crippen LogP contribution in [0.2, 0.25) is 0 Å². The number of thiazole rings is 1. The van der Waals surface area contributed by atoms with Crippen LogP contribution in [0.4, 0.5) is 5.13 Å². The first-order valence-electron chi connectivity index (χ1n) is 7.57. The van der Waals surface area contributed by atoms with E-state index in [-0.39, 0.29) is 12.0 Å². The fourth-order valence-corrected chi connectivity index (χ4v) is 3.06. The molecule has 0 saturated carbocycles. The molecule has 0 radical (unpaired) electrons. The number of nitrogens with one attached hydrogen (secondary N) is 1. The summed E-state index contributed by atoms with van der Waals surface area (Å²) in [6.07, 6.45) is 2.23. The molecule has 6 nitrogen and oxygen atoms in total. The first-order chi connectivity index (χ1) is 11.1. The molecule has 1 N–H and O–H groups in total. The summed E-state index contributed by atoms with van der Waals surface area (Å²) in [6, 6.07) is 3.47. The minimum atomic E-state index is -0.287. The van der Waals surface area contributed by atoms with Gasteiger partial charge in [-0.05, 0) is 26.7 Å². The second-order valence-corrected chi connectivity index (χ2v) is 6.38. The van der Waals surface area contributed by atoms with Crippen LogP contribution >= 0.6 is 11.3 Å². The van der Waals surface area contributed by atoms with Crippen molar-refractivity contribution in [3.8, 4) is 5.75 Å². The molecule has 1 amide bonds. The zero-order valence-corrected chi connectivity index (χ0v) is 14.0. The smallest absolute Gasteiger partial charge is 0.276 e. The standard InChI is InChI=1S/C16H19N3O3S/c1-10-6-13(22-8-12-4-3-5-21-12)7-14(17-10)15(20)19-16-18-11(2)9-23-16/h6-7,9,12H,3-5,8H2,1-2H3,(H,18,19,20). The minimum Gasteiger partial charge on any atom is -0.491 e. The Morgan fingerprint density at radius 3 is 2.96 bits per heavy atom. The van der Waals surface area contributed by atoms with E-state index in [0.717, 1.165) is 30.8 Å². The molecule has 3 heterocycles. The fraction of sp³-hybridized carbons (Fsp3) is 0.438. The number of pyridine rings is 1. The Labute approximate surface area is 138 Å². The summed E-state index contributed by atoms with van der Waals surface area (Å²) in [4.78, 5) is 20.8. The molecule has 1 saturated heterocycles. The lowest BCUT2D eigenvalue weighted by Crippen LogP contribution is -2.18. The summed E-state index contributed by atoms with van der Waals surface area (Å²) in [5.74, 6) is 0.346. The minimum absolute atomic E-state index is 0.138. The summed E-state index contributed by atoms with van der Waals surface area (Å²) in [5.41, 5.74) is 1.93. The first-order valence-corrected chi connectivity index (χ1v) is 8.45. The van der Waals surface area contributed by atoms with Gasteiger partial charge in [0.15, 0.2) is 5.13 Å². The lowest BCUT2D eigenvalue weighted by Gasteiger charge is -2.12. The van der Waals surface area contributed by atoms with E-state index >= 15 is 0 Å². The zero-order valence-electron chi connectivity index (χ0n) is 13.2. The van der Waals surface area contributed by atoms with Gasteiger partial charge in [0, 0.05) is 29.8 Å². The van der Waals surface area contributed by atoms with E-state index < -0.39 is 0 Å². The van der Waals surface area contributed by atoms with Gasteiger partial charge in [-0.1, -0.05) is 0 Å². The SMILES string of the molecule is Cc1cc(OCC2CCCO2)cc(C(=O)Nc2nc(C)cs2)n1. The van der Waals surface area contributed by atoms with E-state index in [1.165, 1.54) is 11.3 Å². The Bertz CT molecular complexity index is 696. The molecular formula is C16H19N3O3S.